The van der Waals surface area contributed by atoms with Crippen molar-refractivity contribution in [2.45, 2.75) is 72.3 Å². The Morgan fingerprint density at radius 2 is 1.85 bits per heavy atom. The van der Waals surface area contributed by atoms with Crippen LogP contribution in [0.3, 0.4) is 0 Å². The minimum Gasteiger partial charge on any atom is -0.465 e. The maximum Gasteiger partial charge on any atom is 0.323 e. The molecule has 1 N–H and O–H groups in total. The van der Waals surface area contributed by atoms with Gasteiger partial charge in [0.1, 0.15) is 17.7 Å². The summed E-state index contributed by atoms with van der Waals surface area (Å²) in [5.41, 5.74) is 2.69. The molecule has 2 aliphatic rings. The van der Waals surface area contributed by atoms with Crippen LogP contribution >= 0.6 is 0 Å². The molecule has 0 saturated carbocycles. The number of imidazole rings is 2. The first kappa shape index (κ1) is 29.5. The van der Waals surface area contributed by atoms with Gasteiger partial charge in [-0.15, -0.1) is 0 Å². The molecule has 2 saturated heterocycles. The number of likely N-dealkylation sites (tertiary alicyclic amines) is 2. The summed E-state index contributed by atoms with van der Waals surface area (Å²) in [6, 6.07) is 8.73. The van der Waals surface area contributed by atoms with Crippen LogP contribution in [-0.4, -0.2) is 79.0 Å². The number of rotatable bonds is 12. The van der Waals surface area contributed by atoms with Gasteiger partial charge in [-0.05, 0) is 61.7 Å². The summed E-state index contributed by atoms with van der Waals surface area (Å²) in [4.78, 5) is 32.6. The predicted molar refractivity (Wildman–Crippen MR) is 160 cm³/mol. The van der Waals surface area contributed by atoms with Gasteiger partial charge < -0.3 is 19.2 Å². The van der Waals surface area contributed by atoms with E-state index in [4.69, 9.17) is 4.74 Å². The zero-order chi connectivity index (χ0) is 28.8. The highest BCUT2D eigenvalue weighted by molar-refractivity contribution is 5.76. The van der Waals surface area contributed by atoms with Crippen LogP contribution in [0.4, 0.5) is 0 Å². The molecule has 3 aromatic rings. The Morgan fingerprint density at radius 3 is 2.49 bits per heavy atom. The molecule has 9 nitrogen and oxygen atoms in total. The van der Waals surface area contributed by atoms with Crippen molar-refractivity contribution >= 4 is 5.97 Å². The van der Waals surface area contributed by atoms with E-state index in [2.05, 4.69) is 72.3 Å². The van der Waals surface area contributed by atoms with E-state index in [-0.39, 0.29) is 17.4 Å². The number of piperidine rings is 1. The van der Waals surface area contributed by atoms with Gasteiger partial charge in [0.15, 0.2) is 0 Å². The summed E-state index contributed by atoms with van der Waals surface area (Å²) in [6.45, 7) is 14.3. The highest BCUT2D eigenvalue weighted by Crippen LogP contribution is 2.44. The molecule has 1 aromatic carbocycles. The van der Waals surface area contributed by atoms with Gasteiger partial charge >= 0.3 is 5.97 Å². The van der Waals surface area contributed by atoms with Gasteiger partial charge in [-0.3, -0.25) is 14.6 Å². The Morgan fingerprint density at radius 1 is 1.10 bits per heavy atom. The lowest BCUT2D eigenvalue weighted by atomic mass is 9.76. The third-order valence-electron chi connectivity index (χ3n) is 8.73. The number of nitrogens with one attached hydrogen (secondary N) is 1. The number of hydrogen-bond donors (Lipinski definition) is 1. The molecule has 0 bridgehead atoms. The first-order valence-electron chi connectivity index (χ1n) is 15.2. The second-order valence-corrected chi connectivity index (χ2v) is 12.5. The number of nitrogens with zero attached hydrogens (tertiary/aromatic N) is 6. The molecule has 0 aliphatic carbocycles. The number of H-pyrrole nitrogens is 1. The lowest BCUT2D eigenvalue weighted by Crippen LogP contribution is -2.42. The zero-order valence-electron chi connectivity index (χ0n) is 25.3. The number of ether oxygens (including phenoxy) is 1. The molecular formula is C32H47N7O2. The fraction of sp³-hybridized carbons (Fsp3) is 0.594. The van der Waals surface area contributed by atoms with E-state index in [1.807, 2.05) is 32.6 Å². The Bertz CT molecular complexity index is 1230. The fourth-order valence-corrected chi connectivity index (χ4v) is 6.63. The second kappa shape index (κ2) is 13.3. The van der Waals surface area contributed by atoms with E-state index < -0.39 is 0 Å². The van der Waals surface area contributed by atoms with Crippen molar-refractivity contribution in [3.05, 3.63) is 71.8 Å². The van der Waals surface area contributed by atoms with Crippen molar-refractivity contribution in [1.29, 1.82) is 0 Å². The third-order valence-corrected chi connectivity index (χ3v) is 8.73. The number of aromatic nitrogens is 4. The molecule has 2 aliphatic heterocycles. The first-order chi connectivity index (χ1) is 19.8. The second-order valence-electron chi connectivity index (χ2n) is 12.5. The van der Waals surface area contributed by atoms with Crippen molar-refractivity contribution in [3.63, 3.8) is 0 Å². The number of hydrogen-bond acceptors (Lipinski definition) is 7. The summed E-state index contributed by atoms with van der Waals surface area (Å²) in [5, 5.41) is 0. The summed E-state index contributed by atoms with van der Waals surface area (Å²) >= 11 is 0. The van der Waals surface area contributed by atoms with Crippen LogP contribution in [-0.2, 0) is 42.8 Å². The largest absolute Gasteiger partial charge is 0.465 e. The average molecular weight is 562 g/mol. The van der Waals surface area contributed by atoms with Gasteiger partial charge in [0.25, 0.3) is 0 Å². The van der Waals surface area contributed by atoms with E-state index >= 15 is 0 Å². The van der Waals surface area contributed by atoms with Crippen LogP contribution in [0.25, 0.3) is 0 Å². The molecule has 0 unspecified atom stereocenters. The molecule has 9 heteroatoms. The van der Waals surface area contributed by atoms with Gasteiger partial charge in [-0.25, -0.2) is 9.97 Å². The van der Waals surface area contributed by atoms with Crippen LogP contribution < -0.4 is 0 Å². The van der Waals surface area contributed by atoms with E-state index in [0.717, 1.165) is 76.7 Å². The normalized spacial score (nSPS) is 19.5. The molecule has 5 rings (SSSR count). The lowest BCUT2D eigenvalue weighted by Gasteiger charge is -2.40. The third kappa shape index (κ3) is 7.64. The van der Waals surface area contributed by atoms with Crippen LogP contribution in [0, 0.1) is 11.3 Å². The summed E-state index contributed by atoms with van der Waals surface area (Å²) in [5.74, 6) is 2.59. The topological polar surface area (TPSA) is 82.5 Å². The van der Waals surface area contributed by atoms with Crippen molar-refractivity contribution in [2.75, 3.05) is 32.8 Å². The molecule has 2 fully saturated rings. The minimum atomic E-state index is -0.159. The molecule has 0 amide bonds. The van der Waals surface area contributed by atoms with Gasteiger partial charge in [0.05, 0.1) is 19.7 Å². The van der Waals surface area contributed by atoms with Gasteiger partial charge in [0.2, 0.25) is 0 Å². The molecule has 0 radical (unpaired) electrons. The van der Waals surface area contributed by atoms with Crippen molar-refractivity contribution in [1.82, 2.24) is 34.2 Å². The maximum absolute atomic E-state index is 13.0. The molecule has 2 aromatic heterocycles. The predicted octanol–water partition coefficient (Wildman–Crippen LogP) is 4.22. The molecule has 1 atom stereocenters. The monoisotopic (exact) mass is 561 g/mol. The minimum absolute atomic E-state index is 0.0616. The van der Waals surface area contributed by atoms with E-state index in [9.17, 15) is 4.79 Å². The standard InChI is InChI=1S/C32H47N7O2/c1-5-41-31(40)28-18-32(10-15-37(16-11-32)19-25(2)3)24-39(28)21-27-8-6-26(7-9-27)20-38(22-29-33-12-13-34-29)23-30-35-14-17-36(30)4/h6-9,12-14,17,25,28H,5,10-11,15-16,18-24H2,1-4H3,(H,33,34)/t28-/m1/s1. The molecule has 222 valence electrons. The van der Waals surface area contributed by atoms with Gasteiger partial charge in [0, 0.05) is 58.0 Å². The Kier molecular flexibility index (Phi) is 9.57. The van der Waals surface area contributed by atoms with Crippen LogP contribution in [0.5, 0.6) is 0 Å². The van der Waals surface area contributed by atoms with Crippen molar-refractivity contribution in [3.8, 4) is 0 Å². The van der Waals surface area contributed by atoms with Crippen LogP contribution in [0.1, 0.15) is 62.8 Å². The Hall–Kier alpha value is -3.01. The Balaban J connectivity index is 1.24. The number of carbonyl (C=O) groups is 1. The molecule has 1 spiro atoms. The number of carbonyl (C=O) groups excluding carboxylic acids is 1. The quantitative estimate of drug-likeness (QED) is 0.332. The van der Waals surface area contributed by atoms with Gasteiger partial charge in [-0.2, -0.15) is 0 Å². The Labute approximate surface area is 244 Å². The zero-order valence-corrected chi connectivity index (χ0v) is 25.3. The van der Waals surface area contributed by atoms with Crippen LogP contribution in [0.2, 0.25) is 0 Å². The summed E-state index contributed by atoms with van der Waals surface area (Å²) < 4.78 is 7.61. The van der Waals surface area contributed by atoms with E-state index in [1.165, 1.54) is 11.1 Å². The van der Waals surface area contributed by atoms with Gasteiger partial charge in [-0.1, -0.05) is 38.1 Å². The average Bonchev–Trinajstić information content (AvgIpc) is 3.68. The molecule has 4 heterocycles. The molecule has 41 heavy (non-hydrogen) atoms. The van der Waals surface area contributed by atoms with Crippen molar-refractivity contribution < 1.29 is 9.53 Å². The summed E-state index contributed by atoms with van der Waals surface area (Å²) in [6.07, 6.45) is 10.7. The van der Waals surface area contributed by atoms with E-state index in [1.54, 1.807) is 6.20 Å². The number of esters is 1. The molecular weight excluding hydrogens is 514 g/mol. The fourth-order valence-electron chi connectivity index (χ4n) is 6.63. The number of aromatic amines is 1. The smallest absolute Gasteiger partial charge is 0.323 e. The van der Waals surface area contributed by atoms with Crippen LogP contribution in [0.15, 0.2) is 49.1 Å². The van der Waals surface area contributed by atoms with Crippen molar-refractivity contribution in [2.24, 2.45) is 18.4 Å². The SMILES string of the molecule is CCOC(=O)[C@H]1CC2(CCN(CC(C)C)CC2)CN1Cc1ccc(CN(Cc2ncc[nH]2)Cc2nccn2C)cc1. The highest BCUT2D eigenvalue weighted by Gasteiger charge is 2.48. The first-order valence-corrected chi connectivity index (χ1v) is 15.2. The maximum atomic E-state index is 13.0. The highest BCUT2D eigenvalue weighted by atomic mass is 16.5. The lowest BCUT2D eigenvalue weighted by molar-refractivity contribution is -0.148. The summed E-state index contributed by atoms with van der Waals surface area (Å²) in [7, 11) is 2.03. The van der Waals surface area contributed by atoms with E-state index in [0.29, 0.717) is 19.1 Å². The number of aryl methyl sites for hydroxylation is 1. The number of benzene rings is 1.